The van der Waals surface area contributed by atoms with Crippen LogP contribution < -0.4 is 0 Å². The van der Waals surface area contributed by atoms with E-state index < -0.39 is 0 Å². The summed E-state index contributed by atoms with van der Waals surface area (Å²) in [5, 5.41) is 0. The molecule has 2 aliphatic heterocycles. The molecule has 0 aromatic carbocycles. The maximum Gasteiger partial charge on any atom is 0.0990 e. The van der Waals surface area contributed by atoms with Gasteiger partial charge in [-0.15, -0.1) is 0 Å². The van der Waals surface area contributed by atoms with E-state index in [4.69, 9.17) is 0 Å². The van der Waals surface area contributed by atoms with Crippen molar-refractivity contribution in [3.63, 3.8) is 0 Å². The van der Waals surface area contributed by atoms with Crippen molar-refractivity contribution in [3.05, 3.63) is 48.5 Å². The lowest BCUT2D eigenvalue weighted by molar-refractivity contribution is 0.731. The molecule has 2 aliphatic rings. The van der Waals surface area contributed by atoms with Gasteiger partial charge in [-0.25, -0.2) is 4.99 Å². The molecule has 2 heterocycles. The lowest BCUT2D eigenvalue weighted by Gasteiger charge is -2.16. The molecule has 0 bridgehead atoms. The predicted molar refractivity (Wildman–Crippen MR) is 45.8 cm³/mol. The lowest BCUT2D eigenvalue weighted by Crippen LogP contribution is -2.13. The standard InChI is InChI=1S/C9H8N2/c1-2-7-11-8-10-6-3-5-9(11)4-1/h1-8H. The Morgan fingerprint density at radius 1 is 1.18 bits per heavy atom. The summed E-state index contributed by atoms with van der Waals surface area (Å²) in [5.41, 5.74) is 1.14. The van der Waals surface area contributed by atoms with E-state index in [-0.39, 0.29) is 0 Å². The molecule has 0 aromatic rings. The molecule has 0 N–H and O–H groups in total. The molecule has 2 heteroatoms. The molecule has 0 aliphatic carbocycles. The summed E-state index contributed by atoms with van der Waals surface area (Å²) in [7, 11) is 0. The smallest absolute Gasteiger partial charge is 0.0990 e. The third-order valence-corrected chi connectivity index (χ3v) is 1.55. The highest BCUT2D eigenvalue weighted by molar-refractivity contribution is 5.64. The van der Waals surface area contributed by atoms with Crippen LogP contribution in [-0.4, -0.2) is 11.2 Å². The molecule has 0 spiro atoms. The van der Waals surface area contributed by atoms with Gasteiger partial charge in [0.2, 0.25) is 0 Å². The summed E-state index contributed by atoms with van der Waals surface area (Å²) in [6.45, 7) is 0. The van der Waals surface area contributed by atoms with Crippen LogP contribution in [0.2, 0.25) is 0 Å². The minimum Gasteiger partial charge on any atom is -0.308 e. The highest BCUT2D eigenvalue weighted by Gasteiger charge is 2.02. The van der Waals surface area contributed by atoms with Gasteiger partial charge in [0.25, 0.3) is 0 Å². The molecule has 2 rings (SSSR count). The van der Waals surface area contributed by atoms with Gasteiger partial charge < -0.3 is 4.90 Å². The van der Waals surface area contributed by atoms with Crippen molar-refractivity contribution in [2.45, 2.75) is 0 Å². The van der Waals surface area contributed by atoms with Crippen molar-refractivity contribution in [3.8, 4) is 0 Å². The number of hydrogen-bond acceptors (Lipinski definition) is 2. The second kappa shape index (κ2) is 2.58. The molecular formula is C9H8N2. The first kappa shape index (κ1) is 6.16. The van der Waals surface area contributed by atoms with Gasteiger partial charge in [0.05, 0.1) is 6.34 Å². The van der Waals surface area contributed by atoms with Crippen molar-refractivity contribution in [1.82, 2.24) is 4.90 Å². The van der Waals surface area contributed by atoms with E-state index in [0.29, 0.717) is 0 Å². The van der Waals surface area contributed by atoms with E-state index >= 15 is 0 Å². The minimum absolute atomic E-state index is 1.14. The molecule has 0 amide bonds. The SMILES string of the molecule is C1=CN=CN2C=CC=CC2=C1. The number of nitrogens with zero attached hydrogens (tertiary/aromatic N) is 2. The minimum atomic E-state index is 1.14. The molecule has 11 heavy (non-hydrogen) atoms. The molecule has 0 saturated heterocycles. The highest BCUT2D eigenvalue weighted by Crippen LogP contribution is 2.11. The lowest BCUT2D eigenvalue weighted by atomic mass is 10.3. The Hall–Kier alpha value is -1.57. The molecular weight excluding hydrogens is 136 g/mol. The van der Waals surface area contributed by atoms with Crippen molar-refractivity contribution >= 4 is 6.34 Å². The van der Waals surface area contributed by atoms with E-state index in [1.54, 1.807) is 12.5 Å². The van der Waals surface area contributed by atoms with Crippen LogP contribution in [0, 0.1) is 0 Å². The first-order valence-corrected chi connectivity index (χ1v) is 3.50. The normalized spacial score (nSPS) is 19.6. The first-order valence-electron chi connectivity index (χ1n) is 3.50. The second-order valence-electron chi connectivity index (χ2n) is 2.31. The van der Waals surface area contributed by atoms with Gasteiger partial charge >= 0.3 is 0 Å². The molecule has 0 atom stereocenters. The third-order valence-electron chi connectivity index (χ3n) is 1.55. The monoisotopic (exact) mass is 144 g/mol. The van der Waals surface area contributed by atoms with E-state index in [1.807, 2.05) is 41.5 Å². The number of allylic oxidation sites excluding steroid dienone is 5. The average Bonchev–Trinajstić information content (AvgIpc) is 2.28. The first-order chi connectivity index (χ1) is 5.47. The molecule has 0 fully saturated rings. The Balaban J connectivity index is 2.39. The Bertz CT molecular complexity index is 293. The Morgan fingerprint density at radius 3 is 3.18 bits per heavy atom. The van der Waals surface area contributed by atoms with Gasteiger partial charge in [-0.2, -0.15) is 0 Å². The zero-order valence-corrected chi connectivity index (χ0v) is 6.01. The summed E-state index contributed by atoms with van der Waals surface area (Å²) in [5.74, 6) is 0. The summed E-state index contributed by atoms with van der Waals surface area (Å²) >= 11 is 0. The van der Waals surface area contributed by atoms with Gasteiger partial charge in [0.1, 0.15) is 0 Å². The van der Waals surface area contributed by atoms with Gasteiger partial charge in [0, 0.05) is 18.1 Å². The molecule has 0 radical (unpaired) electrons. The van der Waals surface area contributed by atoms with Gasteiger partial charge in [-0.1, -0.05) is 6.08 Å². The quantitative estimate of drug-likeness (QED) is 0.506. The predicted octanol–water partition coefficient (Wildman–Crippen LogP) is 1.81. The van der Waals surface area contributed by atoms with E-state index in [1.165, 1.54) is 0 Å². The summed E-state index contributed by atoms with van der Waals surface area (Å²) < 4.78 is 0. The van der Waals surface area contributed by atoms with Crippen LogP contribution in [-0.2, 0) is 0 Å². The van der Waals surface area contributed by atoms with Crippen LogP contribution in [0.5, 0.6) is 0 Å². The van der Waals surface area contributed by atoms with Crippen LogP contribution in [0.3, 0.4) is 0 Å². The Morgan fingerprint density at radius 2 is 2.18 bits per heavy atom. The zero-order valence-electron chi connectivity index (χ0n) is 6.01. The van der Waals surface area contributed by atoms with Gasteiger partial charge in [-0.3, -0.25) is 0 Å². The summed E-state index contributed by atoms with van der Waals surface area (Å²) in [4.78, 5) is 6.01. The summed E-state index contributed by atoms with van der Waals surface area (Å²) in [6, 6.07) is 0. The Labute approximate surface area is 65.5 Å². The average molecular weight is 144 g/mol. The van der Waals surface area contributed by atoms with Crippen LogP contribution >= 0.6 is 0 Å². The molecule has 0 saturated carbocycles. The van der Waals surface area contributed by atoms with E-state index in [0.717, 1.165) is 5.70 Å². The molecule has 2 nitrogen and oxygen atoms in total. The van der Waals surface area contributed by atoms with Crippen molar-refractivity contribution in [1.29, 1.82) is 0 Å². The topological polar surface area (TPSA) is 15.6 Å². The number of rotatable bonds is 0. The molecule has 0 aromatic heterocycles. The number of hydrogen-bond donors (Lipinski definition) is 0. The highest BCUT2D eigenvalue weighted by atomic mass is 15.1. The largest absolute Gasteiger partial charge is 0.308 e. The van der Waals surface area contributed by atoms with Crippen LogP contribution in [0.1, 0.15) is 0 Å². The third kappa shape index (κ3) is 1.15. The fourth-order valence-corrected chi connectivity index (χ4v) is 1.02. The summed E-state index contributed by atoms with van der Waals surface area (Å²) in [6.07, 6.45) is 15.5. The van der Waals surface area contributed by atoms with E-state index in [9.17, 15) is 0 Å². The van der Waals surface area contributed by atoms with Gasteiger partial charge in [-0.05, 0) is 24.3 Å². The Kier molecular flexibility index (Phi) is 1.44. The fourth-order valence-electron chi connectivity index (χ4n) is 1.02. The van der Waals surface area contributed by atoms with E-state index in [2.05, 4.69) is 4.99 Å². The zero-order chi connectivity index (χ0) is 7.52. The van der Waals surface area contributed by atoms with Crippen LogP contribution in [0.25, 0.3) is 0 Å². The maximum atomic E-state index is 4.04. The molecule has 0 unspecified atom stereocenters. The van der Waals surface area contributed by atoms with Crippen molar-refractivity contribution < 1.29 is 0 Å². The van der Waals surface area contributed by atoms with Crippen LogP contribution in [0.4, 0.5) is 0 Å². The van der Waals surface area contributed by atoms with Crippen LogP contribution in [0.15, 0.2) is 53.5 Å². The second-order valence-corrected chi connectivity index (χ2v) is 2.31. The number of fused-ring (bicyclic) bond motifs is 1. The molecule has 54 valence electrons. The van der Waals surface area contributed by atoms with Crippen molar-refractivity contribution in [2.75, 3.05) is 0 Å². The maximum absolute atomic E-state index is 4.04. The number of aliphatic imine (C=N–C) groups is 1. The van der Waals surface area contributed by atoms with Gasteiger partial charge in [0.15, 0.2) is 0 Å². The van der Waals surface area contributed by atoms with Crippen molar-refractivity contribution in [2.24, 2.45) is 4.99 Å². The fraction of sp³-hybridized carbons (Fsp3) is 0.